The summed E-state index contributed by atoms with van der Waals surface area (Å²) < 4.78 is 20.9. The fourth-order valence-corrected chi connectivity index (χ4v) is 2.56. The summed E-state index contributed by atoms with van der Waals surface area (Å²) in [5, 5.41) is 1.44. The van der Waals surface area contributed by atoms with Gasteiger partial charge in [-0.15, -0.1) is 0 Å². The molecule has 0 amide bonds. The molecule has 0 aliphatic rings. The molecule has 0 heterocycles. The van der Waals surface area contributed by atoms with Crippen LogP contribution in [0.4, 0.5) is 0 Å². The minimum absolute atomic E-state index is 0.154. The molecule has 0 fully saturated rings. The maximum absolute atomic E-state index is 12.0. The van der Waals surface area contributed by atoms with Crippen LogP contribution < -0.4 is 0 Å². The van der Waals surface area contributed by atoms with Crippen LogP contribution in [0.5, 0.6) is 0 Å². The standard InChI is InChI=1S/C14H12O3S/c1-9(2)13(15)12-8-7-10-5-3-4-6-11(10)14(12)18(16)17/h3-8H,1H2,2H3,(H,16,17). The van der Waals surface area contributed by atoms with Crippen molar-refractivity contribution in [3.05, 3.63) is 54.1 Å². The van der Waals surface area contributed by atoms with Crippen molar-refractivity contribution in [1.29, 1.82) is 0 Å². The van der Waals surface area contributed by atoms with E-state index in [4.69, 9.17) is 0 Å². The van der Waals surface area contributed by atoms with Crippen LogP contribution in [0.2, 0.25) is 0 Å². The van der Waals surface area contributed by atoms with E-state index in [2.05, 4.69) is 6.58 Å². The number of hydrogen-bond donors (Lipinski definition) is 1. The number of allylic oxidation sites excluding steroid dienone is 1. The van der Waals surface area contributed by atoms with E-state index < -0.39 is 11.1 Å². The molecule has 0 bridgehead atoms. The Morgan fingerprint density at radius 1 is 1.22 bits per heavy atom. The summed E-state index contributed by atoms with van der Waals surface area (Å²) in [7, 11) is 0. The minimum Gasteiger partial charge on any atom is -0.302 e. The van der Waals surface area contributed by atoms with Gasteiger partial charge in [0.1, 0.15) is 0 Å². The monoisotopic (exact) mass is 260 g/mol. The first-order chi connectivity index (χ1) is 8.52. The Labute approximate surface area is 107 Å². The fraction of sp³-hybridized carbons (Fsp3) is 0.0714. The van der Waals surface area contributed by atoms with Crippen LogP contribution in [0.15, 0.2) is 53.4 Å². The average Bonchev–Trinajstić information content (AvgIpc) is 2.36. The summed E-state index contributed by atoms with van der Waals surface area (Å²) in [4.78, 5) is 12.1. The van der Waals surface area contributed by atoms with E-state index in [1.807, 2.05) is 12.1 Å². The highest BCUT2D eigenvalue weighted by atomic mass is 32.2. The van der Waals surface area contributed by atoms with Crippen molar-refractivity contribution in [2.24, 2.45) is 0 Å². The van der Waals surface area contributed by atoms with Gasteiger partial charge < -0.3 is 4.55 Å². The highest BCUT2D eigenvalue weighted by Crippen LogP contribution is 2.26. The van der Waals surface area contributed by atoms with Gasteiger partial charge >= 0.3 is 0 Å². The van der Waals surface area contributed by atoms with Crippen LogP contribution in [0.1, 0.15) is 17.3 Å². The van der Waals surface area contributed by atoms with Crippen molar-refractivity contribution in [2.45, 2.75) is 11.8 Å². The molecule has 2 aromatic rings. The number of fused-ring (bicyclic) bond motifs is 1. The first kappa shape index (κ1) is 12.7. The van der Waals surface area contributed by atoms with Gasteiger partial charge in [-0.2, -0.15) is 0 Å². The molecule has 18 heavy (non-hydrogen) atoms. The Hall–Kier alpha value is -1.78. The van der Waals surface area contributed by atoms with Crippen molar-refractivity contribution < 1.29 is 13.6 Å². The second-order valence-corrected chi connectivity index (χ2v) is 4.93. The maximum Gasteiger partial charge on any atom is 0.189 e. The van der Waals surface area contributed by atoms with Crippen molar-refractivity contribution >= 4 is 27.6 Å². The van der Waals surface area contributed by atoms with Gasteiger partial charge in [-0.25, -0.2) is 4.21 Å². The minimum atomic E-state index is -2.21. The van der Waals surface area contributed by atoms with Crippen molar-refractivity contribution in [3.63, 3.8) is 0 Å². The highest BCUT2D eigenvalue weighted by Gasteiger charge is 2.18. The molecule has 0 aromatic heterocycles. The van der Waals surface area contributed by atoms with Gasteiger partial charge in [0.05, 0.1) is 4.90 Å². The third kappa shape index (κ3) is 2.12. The SMILES string of the molecule is C=C(C)C(=O)c1ccc2ccccc2c1S(=O)O. The summed E-state index contributed by atoms with van der Waals surface area (Å²) in [5.74, 6) is -0.307. The number of benzene rings is 2. The van der Waals surface area contributed by atoms with Crippen LogP contribution in [0.25, 0.3) is 10.8 Å². The van der Waals surface area contributed by atoms with Crippen molar-refractivity contribution in [2.75, 3.05) is 0 Å². The van der Waals surface area contributed by atoms with E-state index >= 15 is 0 Å². The smallest absolute Gasteiger partial charge is 0.189 e. The molecular formula is C14H12O3S. The van der Waals surface area contributed by atoms with Crippen LogP contribution in [-0.2, 0) is 11.1 Å². The number of ketones is 1. The summed E-state index contributed by atoms with van der Waals surface area (Å²) in [6.07, 6.45) is 0. The zero-order valence-electron chi connectivity index (χ0n) is 9.84. The molecular weight excluding hydrogens is 248 g/mol. The average molecular weight is 260 g/mol. The van der Waals surface area contributed by atoms with Gasteiger partial charge in [0.2, 0.25) is 0 Å². The molecule has 0 saturated heterocycles. The lowest BCUT2D eigenvalue weighted by atomic mass is 10.0. The molecule has 2 rings (SSSR count). The van der Waals surface area contributed by atoms with Gasteiger partial charge in [-0.3, -0.25) is 4.79 Å². The van der Waals surface area contributed by atoms with E-state index in [1.165, 1.54) is 0 Å². The molecule has 3 nitrogen and oxygen atoms in total. The molecule has 0 spiro atoms. The summed E-state index contributed by atoms with van der Waals surface area (Å²) in [5.41, 5.74) is 0.582. The van der Waals surface area contributed by atoms with E-state index in [-0.39, 0.29) is 16.2 Å². The van der Waals surface area contributed by atoms with E-state index in [9.17, 15) is 13.6 Å². The van der Waals surface area contributed by atoms with Gasteiger partial charge in [-0.1, -0.05) is 36.9 Å². The van der Waals surface area contributed by atoms with Crippen molar-refractivity contribution in [1.82, 2.24) is 0 Å². The Bertz CT molecular complexity index is 674. The summed E-state index contributed by atoms with van der Waals surface area (Å²) in [6.45, 7) is 5.17. The molecule has 0 radical (unpaired) electrons. The first-order valence-corrected chi connectivity index (χ1v) is 6.46. The predicted octanol–water partition coefficient (Wildman–Crippen LogP) is 3.18. The van der Waals surface area contributed by atoms with Gasteiger partial charge in [0.15, 0.2) is 16.9 Å². The molecule has 0 aliphatic carbocycles. The molecule has 2 aromatic carbocycles. The zero-order valence-corrected chi connectivity index (χ0v) is 10.7. The van der Waals surface area contributed by atoms with E-state index in [1.54, 1.807) is 31.2 Å². The number of carbonyl (C=O) groups is 1. The zero-order chi connectivity index (χ0) is 13.3. The summed E-state index contributed by atoms with van der Waals surface area (Å²) in [6, 6.07) is 10.5. The molecule has 0 aliphatic heterocycles. The lowest BCUT2D eigenvalue weighted by Gasteiger charge is -2.09. The normalized spacial score (nSPS) is 12.3. The Kier molecular flexibility index (Phi) is 3.41. The number of hydrogen-bond acceptors (Lipinski definition) is 2. The van der Waals surface area contributed by atoms with Crippen LogP contribution in [-0.4, -0.2) is 14.5 Å². The van der Waals surface area contributed by atoms with Crippen LogP contribution in [0, 0.1) is 0 Å². The maximum atomic E-state index is 12.0. The largest absolute Gasteiger partial charge is 0.302 e. The number of rotatable bonds is 3. The van der Waals surface area contributed by atoms with Gasteiger partial charge in [0.25, 0.3) is 0 Å². The van der Waals surface area contributed by atoms with Crippen LogP contribution >= 0.6 is 0 Å². The van der Waals surface area contributed by atoms with Crippen LogP contribution in [0.3, 0.4) is 0 Å². The third-order valence-electron chi connectivity index (χ3n) is 2.69. The Morgan fingerprint density at radius 2 is 1.89 bits per heavy atom. The number of carbonyl (C=O) groups excluding carboxylic acids is 1. The Balaban J connectivity index is 2.83. The third-order valence-corrected chi connectivity index (χ3v) is 3.48. The lowest BCUT2D eigenvalue weighted by molar-refractivity contribution is 0.103. The topological polar surface area (TPSA) is 54.4 Å². The molecule has 92 valence electrons. The number of Topliss-reactive ketones (excluding diaryl/α,β-unsaturated/α-hetero) is 1. The second kappa shape index (κ2) is 4.84. The fourth-order valence-electron chi connectivity index (χ4n) is 1.84. The van der Waals surface area contributed by atoms with Gasteiger partial charge in [-0.05, 0) is 23.9 Å². The molecule has 1 atom stereocenters. The van der Waals surface area contributed by atoms with E-state index in [0.29, 0.717) is 11.0 Å². The lowest BCUT2D eigenvalue weighted by Crippen LogP contribution is -2.06. The van der Waals surface area contributed by atoms with Gasteiger partial charge in [0, 0.05) is 10.9 Å². The predicted molar refractivity (Wildman–Crippen MR) is 72.1 cm³/mol. The quantitative estimate of drug-likeness (QED) is 0.524. The second-order valence-electron chi connectivity index (χ2n) is 4.02. The van der Waals surface area contributed by atoms with Crippen molar-refractivity contribution in [3.8, 4) is 0 Å². The molecule has 1 unspecified atom stereocenters. The molecule has 4 heteroatoms. The first-order valence-electron chi connectivity index (χ1n) is 5.35. The van der Waals surface area contributed by atoms with E-state index in [0.717, 1.165) is 5.39 Å². The summed E-state index contributed by atoms with van der Waals surface area (Å²) >= 11 is -2.21. The Morgan fingerprint density at radius 3 is 2.50 bits per heavy atom. The highest BCUT2D eigenvalue weighted by molar-refractivity contribution is 7.79. The molecule has 0 saturated carbocycles. The molecule has 1 N–H and O–H groups in total.